The molecule has 3 aliphatic heterocycles. The summed E-state index contributed by atoms with van der Waals surface area (Å²) in [5.74, 6) is 0.205. The number of sulfone groups is 1. The molecule has 0 aliphatic carbocycles. The summed E-state index contributed by atoms with van der Waals surface area (Å²) in [6, 6.07) is 7.01. The Bertz CT molecular complexity index is 1020. The number of carbonyl (C=O) groups excluding carboxylic acids is 2. The van der Waals surface area contributed by atoms with Gasteiger partial charge in [-0.25, -0.2) is 8.42 Å². The summed E-state index contributed by atoms with van der Waals surface area (Å²) in [6.45, 7) is 3.30. The quantitative estimate of drug-likeness (QED) is 0.559. The number of likely N-dealkylation sites (tertiary alicyclic amines) is 2. The van der Waals surface area contributed by atoms with Crippen molar-refractivity contribution in [3.05, 3.63) is 29.8 Å². The SMILES string of the molecule is COC[C@H]1CCCN1C(=O)CC[C@H]1CNC(=O)[C@@H]2[C@H](CCN2Cc2ccc(S(C)(=O)=O)cc2)N1C. The van der Waals surface area contributed by atoms with E-state index in [2.05, 4.69) is 22.2 Å². The molecule has 1 N–H and O–H groups in total. The number of rotatable bonds is 8. The summed E-state index contributed by atoms with van der Waals surface area (Å²) in [5.41, 5.74) is 0.983. The van der Waals surface area contributed by atoms with Crippen LogP contribution in [0.1, 0.15) is 37.7 Å². The Morgan fingerprint density at radius 1 is 1.14 bits per heavy atom. The summed E-state index contributed by atoms with van der Waals surface area (Å²) in [7, 11) is 0.513. The molecule has 0 spiro atoms. The third-order valence-corrected chi connectivity index (χ3v) is 8.96. The number of amides is 2. The molecule has 0 aromatic heterocycles. The van der Waals surface area contributed by atoms with Crippen molar-refractivity contribution in [2.45, 2.75) is 67.7 Å². The van der Waals surface area contributed by atoms with E-state index in [4.69, 9.17) is 4.74 Å². The standard InChI is InChI=1S/C25H38N4O5S/c1-27-19(8-11-23(30)29-13-4-5-20(29)17-34-2)15-26-25(31)24-22(27)12-14-28(24)16-18-6-9-21(10-7-18)35(3,32)33/h6-7,9-10,19-20,22,24H,4-5,8,11-17H2,1-3H3,(H,26,31)/t19-,20+,22-,24-/m0/s1. The van der Waals surface area contributed by atoms with E-state index in [0.717, 1.165) is 37.9 Å². The fraction of sp³-hybridized carbons (Fsp3) is 0.680. The molecule has 3 heterocycles. The Morgan fingerprint density at radius 3 is 2.57 bits per heavy atom. The highest BCUT2D eigenvalue weighted by Gasteiger charge is 2.45. The number of nitrogens with one attached hydrogen (secondary N) is 1. The second kappa shape index (κ2) is 10.9. The van der Waals surface area contributed by atoms with E-state index in [1.165, 1.54) is 6.26 Å². The number of ether oxygens (including phenoxy) is 1. The smallest absolute Gasteiger partial charge is 0.239 e. The van der Waals surface area contributed by atoms with E-state index in [0.29, 0.717) is 37.4 Å². The molecule has 0 radical (unpaired) electrons. The van der Waals surface area contributed by atoms with Crippen molar-refractivity contribution in [2.75, 3.05) is 46.7 Å². The number of hydrogen-bond donors (Lipinski definition) is 1. The second-order valence-corrected chi connectivity index (χ2v) is 12.1. The van der Waals surface area contributed by atoms with Crippen molar-refractivity contribution < 1.29 is 22.7 Å². The molecule has 3 fully saturated rings. The molecular formula is C25H38N4O5S. The van der Waals surface area contributed by atoms with Crippen LogP contribution in [0.4, 0.5) is 0 Å². The monoisotopic (exact) mass is 506 g/mol. The zero-order valence-electron chi connectivity index (χ0n) is 21.0. The van der Waals surface area contributed by atoms with Crippen LogP contribution in [0.2, 0.25) is 0 Å². The Hall–Kier alpha value is -2.01. The Kier molecular flexibility index (Phi) is 8.15. The van der Waals surface area contributed by atoms with Gasteiger partial charge in [0.2, 0.25) is 11.8 Å². The lowest BCUT2D eigenvalue weighted by Gasteiger charge is -2.33. The Labute approximate surface area is 208 Å². The number of carbonyl (C=O) groups is 2. The van der Waals surface area contributed by atoms with Crippen LogP contribution in [0.15, 0.2) is 29.2 Å². The van der Waals surface area contributed by atoms with E-state index in [1.54, 1.807) is 19.2 Å². The topological polar surface area (TPSA) is 99.3 Å². The van der Waals surface area contributed by atoms with Crippen LogP contribution in [0.25, 0.3) is 0 Å². The second-order valence-electron chi connectivity index (χ2n) is 10.1. The molecule has 1 aromatic rings. The number of methoxy groups -OCH3 is 1. The summed E-state index contributed by atoms with van der Waals surface area (Å²) >= 11 is 0. The minimum absolute atomic E-state index is 0.0284. The first kappa shape index (κ1) is 26.1. The van der Waals surface area contributed by atoms with Crippen molar-refractivity contribution in [3.8, 4) is 0 Å². The zero-order chi connectivity index (χ0) is 25.2. The molecule has 9 nitrogen and oxygen atoms in total. The summed E-state index contributed by atoms with van der Waals surface area (Å²) in [4.78, 5) is 32.7. The van der Waals surface area contributed by atoms with Gasteiger partial charge < -0.3 is 15.0 Å². The Balaban J connectivity index is 1.37. The largest absolute Gasteiger partial charge is 0.383 e. The summed E-state index contributed by atoms with van der Waals surface area (Å²) in [6.07, 6.45) is 5.28. The minimum atomic E-state index is -3.23. The van der Waals surface area contributed by atoms with Gasteiger partial charge >= 0.3 is 0 Å². The molecule has 1 aromatic carbocycles. The normalized spacial score (nSPS) is 28.1. The number of likely N-dealkylation sites (N-methyl/N-ethyl adjacent to an activating group) is 1. The highest BCUT2D eigenvalue weighted by atomic mass is 32.2. The lowest BCUT2D eigenvalue weighted by molar-refractivity contribution is -0.133. The number of benzene rings is 1. The first-order valence-corrected chi connectivity index (χ1v) is 14.4. The summed E-state index contributed by atoms with van der Waals surface area (Å²) in [5, 5.41) is 3.12. The van der Waals surface area contributed by atoms with Gasteiger partial charge in [0.15, 0.2) is 9.84 Å². The molecule has 0 unspecified atom stereocenters. The van der Waals surface area contributed by atoms with Gasteiger partial charge in [-0.1, -0.05) is 12.1 Å². The first-order valence-electron chi connectivity index (χ1n) is 12.5. The van der Waals surface area contributed by atoms with E-state index in [-0.39, 0.29) is 36.0 Å². The summed E-state index contributed by atoms with van der Waals surface area (Å²) < 4.78 is 28.8. The molecule has 10 heteroatoms. The third-order valence-electron chi connectivity index (χ3n) is 7.83. The molecule has 0 bridgehead atoms. The number of fused-ring (bicyclic) bond motifs is 1. The van der Waals surface area contributed by atoms with Crippen molar-refractivity contribution in [3.63, 3.8) is 0 Å². The van der Waals surface area contributed by atoms with E-state index in [9.17, 15) is 18.0 Å². The van der Waals surface area contributed by atoms with Crippen LogP contribution in [-0.4, -0.2) is 106 Å². The number of nitrogens with zero attached hydrogens (tertiary/aromatic N) is 3. The van der Waals surface area contributed by atoms with Gasteiger partial charge in [0.25, 0.3) is 0 Å². The molecule has 0 saturated carbocycles. The molecule has 35 heavy (non-hydrogen) atoms. The molecular weight excluding hydrogens is 468 g/mol. The van der Waals surface area contributed by atoms with Crippen molar-refractivity contribution in [2.24, 2.45) is 0 Å². The van der Waals surface area contributed by atoms with Gasteiger partial charge in [0.05, 0.1) is 17.5 Å². The van der Waals surface area contributed by atoms with Crippen molar-refractivity contribution >= 4 is 21.7 Å². The molecule has 4 rings (SSSR count). The highest BCUT2D eigenvalue weighted by molar-refractivity contribution is 7.90. The molecule has 3 aliphatic rings. The average Bonchev–Trinajstić information content (AvgIpc) is 3.43. The molecule has 4 atom stereocenters. The van der Waals surface area contributed by atoms with Gasteiger partial charge in [-0.2, -0.15) is 0 Å². The lowest BCUT2D eigenvalue weighted by Crippen LogP contribution is -2.49. The maximum absolute atomic E-state index is 13.1. The van der Waals surface area contributed by atoms with Crippen LogP contribution >= 0.6 is 0 Å². The fourth-order valence-electron chi connectivity index (χ4n) is 5.87. The highest BCUT2D eigenvalue weighted by Crippen LogP contribution is 2.29. The van der Waals surface area contributed by atoms with E-state index >= 15 is 0 Å². The van der Waals surface area contributed by atoms with Crippen molar-refractivity contribution in [1.82, 2.24) is 20.0 Å². The Morgan fingerprint density at radius 2 is 1.89 bits per heavy atom. The lowest BCUT2D eigenvalue weighted by atomic mass is 10.0. The number of hydrogen-bond acceptors (Lipinski definition) is 7. The van der Waals surface area contributed by atoms with Crippen LogP contribution in [0.5, 0.6) is 0 Å². The zero-order valence-corrected chi connectivity index (χ0v) is 21.8. The molecule has 3 saturated heterocycles. The van der Waals surface area contributed by atoms with Crippen LogP contribution < -0.4 is 5.32 Å². The van der Waals surface area contributed by atoms with Crippen molar-refractivity contribution in [1.29, 1.82) is 0 Å². The third kappa shape index (κ3) is 5.87. The van der Waals surface area contributed by atoms with Gasteiger partial charge in [-0.15, -0.1) is 0 Å². The van der Waals surface area contributed by atoms with Crippen LogP contribution in [-0.2, 0) is 30.7 Å². The fourth-order valence-corrected chi connectivity index (χ4v) is 6.50. The predicted molar refractivity (Wildman–Crippen MR) is 133 cm³/mol. The van der Waals surface area contributed by atoms with E-state index in [1.807, 2.05) is 17.0 Å². The minimum Gasteiger partial charge on any atom is -0.383 e. The van der Waals surface area contributed by atoms with Gasteiger partial charge in [0, 0.05) is 58.0 Å². The average molecular weight is 507 g/mol. The van der Waals surface area contributed by atoms with Gasteiger partial charge in [-0.3, -0.25) is 19.4 Å². The molecule has 2 amide bonds. The van der Waals surface area contributed by atoms with Crippen LogP contribution in [0.3, 0.4) is 0 Å². The van der Waals surface area contributed by atoms with Gasteiger partial charge in [0.1, 0.15) is 6.04 Å². The van der Waals surface area contributed by atoms with Crippen LogP contribution in [0, 0.1) is 0 Å². The molecule has 194 valence electrons. The first-order chi connectivity index (χ1) is 16.7. The predicted octanol–water partition coefficient (Wildman–Crippen LogP) is 0.881. The van der Waals surface area contributed by atoms with E-state index < -0.39 is 9.84 Å². The van der Waals surface area contributed by atoms with Gasteiger partial charge in [-0.05, 0) is 50.4 Å². The maximum Gasteiger partial charge on any atom is 0.239 e. The maximum atomic E-state index is 13.1.